The van der Waals surface area contributed by atoms with E-state index in [-0.39, 0.29) is 5.82 Å². The fourth-order valence-corrected chi connectivity index (χ4v) is 2.17. The van der Waals surface area contributed by atoms with E-state index in [0.717, 1.165) is 36.1 Å². The number of furan rings is 1. The van der Waals surface area contributed by atoms with Gasteiger partial charge in [-0.15, -0.1) is 0 Å². The Morgan fingerprint density at radius 1 is 1.11 bits per heavy atom. The normalized spacial score (nSPS) is 14.8. The third-order valence-electron chi connectivity index (χ3n) is 3.52. The molecule has 1 aliphatic rings. The van der Waals surface area contributed by atoms with E-state index in [1.165, 1.54) is 31.4 Å². The first-order valence-electron chi connectivity index (χ1n) is 6.86. The van der Waals surface area contributed by atoms with Gasteiger partial charge in [-0.3, -0.25) is 0 Å². The van der Waals surface area contributed by atoms with Crippen molar-refractivity contribution in [2.45, 2.75) is 25.8 Å². The zero-order chi connectivity index (χ0) is 13.1. The minimum absolute atomic E-state index is 0.225. The molecule has 0 amide bonds. The molecule has 1 heterocycles. The van der Waals surface area contributed by atoms with Crippen LogP contribution in [0.4, 0.5) is 4.39 Å². The minimum atomic E-state index is -0.225. The quantitative estimate of drug-likeness (QED) is 0.794. The van der Waals surface area contributed by atoms with Gasteiger partial charge in [-0.05, 0) is 55.3 Å². The highest BCUT2D eigenvalue weighted by Gasteiger charge is 2.19. The molecule has 1 aromatic heterocycles. The lowest BCUT2D eigenvalue weighted by Crippen LogP contribution is -2.14. The van der Waals surface area contributed by atoms with E-state index < -0.39 is 0 Å². The molecule has 19 heavy (non-hydrogen) atoms. The maximum Gasteiger partial charge on any atom is 0.134 e. The number of benzene rings is 1. The van der Waals surface area contributed by atoms with Crippen LogP contribution in [0.2, 0.25) is 0 Å². The lowest BCUT2D eigenvalue weighted by molar-refractivity contribution is 0.487. The number of hydrogen-bond donors (Lipinski definition) is 1. The summed E-state index contributed by atoms with van der Waals surface area (Å²) in [5, 5.41) is 3.39. The van der Waals surface area contributed by atoms with Crippen LogP contribution >= 0.6 is 0 Å². The monoisotopic (exact) mass is 259 g/mol. The molecule has 1 N–H and O–H groups in total. The molecule has 1 aromatic carbocycles. The number of halogens is 1. The molecule has 0 radical (unpaired) electrons. The van der Waals surface area contributed by atoms with Gasteiger partial charge in [-0.2, -0.15) is 0 Å². The van der Waals surface area contributed by atoms with Gasteiger partial charge in [-0.25, -0.2) is 4.39 Å². The Kier molecular flexibility index (Phi) is 3.65. The predicted molar refractivity (Wildman–Crippen MR) is 73.1 cm³/mol. The van der Waals surface area contributed by atoms with E-state index in [9.17, 15) is 4.39 Å². The standard InChI is InChI=1S/C16H18FNO/c17-14-5-3-13(4-6-14)16-8-7-15(19-16)11-18-10-9-12-1-2-12/h3-8,12,18H,1-2,9-11H2. The minimum Gasteiger partial charge on any atom is -0.460 e. The van der Waals surface area contributed by atoms with Crippen molar-refractivity contribution in [1.29, 1.82) is 0 Å². The topological polar surface area (TPSA) is 25.2 Å². The van der Waals surface area contributed by atoms with Gasteiger partial charge in [-0.1, -0.05) is 12.8 Å². The molecule has 2 aromatic rings. The molecule has 100 valence electrons. The summed E-state index contributed by atoms with van der Waals surface area (Å²) in [6.45, 7) is 1.81. The Hall–Kier alpha value is -1.61. The zero-order valence-corrected chi connectivity index (χ0v) is 10.9. The zero-order valence-electron chi connectivity index (χ0n) is 10.9. The van der Waals surface area contributed by atoms with Crippen LogP contribution in [0.25, 0.3) is 11.3 Å². The van der Waals surface area contributed by atoms with Crippen LogP contribution in [0.15, 0.2) is 40.8 Å². The van der Waals surface area contributed by atoms with E-state index in [1.807, 2.05) is 12.1 Å². The summed E-state index contributed by atoms with van der Waals surface area (Å²) >= 11 is 0. The molecule has 0 unspecified atom stereocenters. The number of nitrogens with one attached hydrogen (secondary N) is 1. The van der Waals surface area contributed by atoms with Crippen molar-refractivity contribution in [3.05, 3.63) is 48.0 Å². The summed E-state index contributed by atoms with van der Waals surface area (Å²) in [6.07, 6.45) is 4.07. The van der Waals surface area contributed by atoms with Crippen LogP contribution in [-0.4, -0.2) is 6.54 Å². The maximum absolute atomic E-state index is 12.8. The Morgan fingerprint density at radius 3 is 2.63 bits per heavy atom. The van der Waals surface area contributed by atoms with Crippen molar-refractivity contribution in [2.24, 2.45) is 5.92 Å². The smallest absolute Gasteiger partial charge is 0.134 e. The Balaban J connectivity index is 1.54. The molecule has 0 atom stereocenters. The lowest BCUT2D eigenvalue weighted by Gasteiger charge is -2.01. The molecule has 3 heteroatoms. The fraction of sp³-hybridized carbons (Fsp3) is 0.375. The largest absolute Gasteiger partial charge is 0.460 e. The van der Waals surface area contributed by atoms with Gasteiger partial charge in [0.05, 0.1) is 6.54 Å². The molecule has 3 rings (SSSR count). The van der Waals surface area contributed by atoms with Crippen LogP contribution in [0.5, 0.6) is 0 Å². The van der Waals surface area contributed by atoms with Crippen molar-refractivity contribution in [3.8, 4) is 11.3 Å². The summed E-state index contributed by atoms with van der Waals surface area (Å²) in [5.41, 5.74) is 0.908. The highest BCUT2D eigenvalue weighted by atomic mass is 19.1. The van der Waals surface area contributed by atoms with Crippen LogP contribution in [0, 0.1) is 11.7 Å². The molecule has 1 saturated carbocycles. The second kappa shape index (κ2) is 5.57. The van der Waals surface area contributed by atoms with Crippen molar-refractivity contribution in [2.75, 3.05) is 6.54 Å². The highest BCUT2D eigenvalue weighted by Crippen LogP contribution is 2.31. The predicted octanol–water partition coefficient (Wildman–Crippen LogP) is 3.98. The molecule has 0 spiro atoms. The van der Waals surface area contributed by atoms with Crippen LogP contribution < -0.4 is 5.32 Å². The van der Waals surface area contributed by atoms with Crippen LogP contribution in [0.3, 0.4) is 0 Å². The van der Waals surface area contributed by atoms with Crippen molar-refractivity contribution >= 4 is 0 Å². The van der Waals surface area contributed by atoms with Gasteiger partial charge in [0.25, 0.3) is 0 Å². The van der Waals surface area contributed by atoms with Crippen LogP contribution in [0.1, 0.15) is 25.0 Å². The van der Waals surface area contributed by atoms with E-state index in [1.54, 1.807) is 12.1 Å². The fourth-order valence-electron chi connectivity index (χ4n) is 2.17. The van der Waals surface area contributed by atoms with E-state index >= 15 is 0 Å². The third-order valence-corrected chi connectivity index (χ3v) is 3.52. The highest BCUT2D eigenvalue weighted by molar-refractivity contribution is 5.57. The summed E-state index contributed by atoms with van der Waals surface area (Å²) in [6, 6.07) is 10.3. The summed E-state index contributed by atoms with van der Waals surface area (Å²) in [7, 11) is 0. The molecule has 1 aliphatic carbocycles. The van der Waals surface area contributed by atoms with Crippen molar-refractivity contribution < 1.29 is 8.81 Å². The van der Waals surface area contributed by atoms with Gasteiger partial charge in [0.1, 0.15) is 17.3 Å². The number of rotatable bonds is 6. The van der Waals surface area contributed by atoms with E-state index in [4.69, 9.17) is 4.42 Å². The average molecular weight is 259 g/mol. The first kappa shape index (κ1) is 12.4. The van der Waals surface area contributed by atoms with Gasteiger partial charge >= 0.3 is 0 Å². The molecule has 1 fully saturated rings. The summed E-state index contributed by atoms with van der Waals surface area (Å²) in [5.74, 6) is 2.45. The Morgan fingerprint density at radius 2 is 1.89 bits per heavy atom. The molecule has 0 aliphatic heterocycles. The first-order chi connectivity index (χ1) is 9.31. The molecule has 2 nitrogen and oxygen atoms in total. The second-order valence-electron chi connectivity index (χ2n) is 5.18. The average Bonchev–Trinajstić information content (AvgIpc) is 3.13. The van der Waals surface area contributed by atoms with Crippen molar-refractivity contribution in [3.63, 3.8) is 0 Å². The molecule has 0 saturated heterocycles. The second-order valence-corrected chi connectivity index (χ2v) is 5.18. The van der Waals surface area contributed by atoms with E-state index in [2.05, 4.69) is 5.32 Å². The lowest BCUT2D eigenvalue weighted by atomic mass is 10.2. The molecular formula is C16H18FNO. The Bertz CT molecular complexity index is 528. The van der Waals surface area contributed by atoms with Crippen molar-refractivity contribution in [1.82, 2.24) is 5.32 Å². The van der Waals surface area contributed by atoms with Gasteiger partial charge in [0, 0.05) is 5.56 Å². The number of hydrogen-bond acceptors (Lipinski definition) is 2. The summed E-state index contributed by atoms with van der Waals surface area (Å²) < 4.78 is 18.6. The van der Waals surface area contributed by atoms with Crippen LogP contribution in [-0.2, 0) is 6.54 Å². The molecular weight excluding hydrogens is 241 g/mol. The van der Waals surface area contributed by atoms with Gasteiger partial charge in [0.2, 0.25) is 0 Å². The molecule has 0 bridgehead atoms. The van der Waals surface area contributed by atoms with Gasteiger partial charge in [0.15, 0.2) is 0 Å². The SMILES string of the molecule is Fc1ccc(-c2ccc(CNCCC3CC3)o2)cc1. The maximum atomic E-state index is 12.8. The Labute approximate surface area is 112 Å². The van der Waals surface area contributed by atoms with Gasteiger partial charge < -0.3 is 9.73 Å². The first-order valence-corrected chi connectivity index (χ1v) is 6.86. The summed E-state index contributed by atoms with van der Waals surface area (Å²) in [4.78, 5) is 0. The third kappa shape index (κ3) is 3.44. The van der Waals surface area contributed by atoms with E-state index in [0.29, 0.717) is 0 Å².